The molecule has 3 heterocycles. The van der Waals surface area contributed by atoms with Gasteiger partial charge in [0.25, 0.3) is 0 Å². The van der Waals surface area contributed by atoms with Crippen molar-refractivity contribution in [3.8, 4) is 17.1 Å². The summed E-state index contributed by atoms with van der Waals surface area (Å²) in [6, 6.07) is 14.1. The molecule has 1 aliphatic heterocycles. The summed E-state index contributed by atoms with van der Waals surface area (Å²) in [5.74, 6) is 0.802. The van der Waals surface area contributed by atoms with Gasteiger partial charge in [0.15, 0.2) is 0 Å². The Morgan fingerprint density at radius 3 is 2.77 bits per heavy atom. The van der Waals surface area contributed by atoms with Crippen molar-refractivity contribution in [1.29, 1.82) is 0 Å². The van der Waals surface area contributed by atoms with Crippen LogP contribution in [-0.4, -0.2) is 17.1 Å². The fourth-order valence-corrected chi connectivity index (χ4v) is 2.63. The van der Waals surface area contributed by atoms with Crippen LogP contribution in [0.4, 0.5) is 0 Å². The number of fused-ring (bicyclic) bond motifs is 1. The molecule has 1 aliphatic rings. The van der Waals surface area contributed by atoms with E-state index in [9.17, 15) is 0 Å². The molecular formula is C18H15N3O. The zero-order valence-corrected chi connectivity index (χ0v) is 12.1. The second-order valence-corrected chi connectivity index (χ2v) is 5.13. The van der Waals surface area contributed by atoms with Crippen LogP contribution in [0.1, 0.15) is 5.69 Å². The first-order chi connectivity index (χ1) is 10.8. The number of rotatable bonds is 3. The van der Waals surface area contributed by atoms with E-state index < -0.39 is 0 Å². The molecule has 0 saturated carbocycles. The van der Waals surface area contributed by atoms with Gasteiger partial charge in [0.2, 0.25) is 0 Å². The number of benzene rings is 1. The highest BCUT2D eigenvalue weighted by Crippen LogP contribution is 2.28. The Kier molecular flexibility index (Phi) is 2.93. The largest absolute Gasteiger partial charge is 0.494 e. The average molecular weight is 289 g/mol. The molecule has 0 radical (unpaired) electrons. The molecule has 0 atom stereocenters. The number of allylic oxidation sites excluding steroid dienone is 1. The van der Waals surface area contributed by atoms with Gasteiger partial charge in [0, 0.05) is 17.5 Å². The second-order valence-electron chi connectivity index (χ2n) is 5.13. The van der Waals surface area contributed by atoms with Crippen LogP contribution in [0.25, 0.3) is 23.5 Å². The lowest BCUT2D eigenvalue weighted by atomic mass is 10.2. The summed E-state index contributed by atoms with van der Waals surface area (Å²) in [6.07, 6.45) is 5.98. The van der Waals surface area contributed by atoms with Crippen LogP contribution in [0.2, 0.25) is 0 Å². The van der Waals surface area contributed by atoms with Crippen LogP contribution in [0.15, 0.2) is 59.4 Å². The van der Waals surface area contributed by atoms with E-state index in [1.807, 2.05) is 48.7 Å². The highest BCUT2D eigenvalue weighted by Gasteiger charge is 2.10. The van der Waals surface area contributed by atoms with Crippen molar-refractivity contribution in [1.82, 2.24) is 9.97 Å². The lowest BCUT2D eigenvalue weighted by Gasteiger charge is -1.97. The fraction of sp³-hybridized carbons (Fsp3) is 0.0556. The molecule has 0 unspecified atom stereocenters. The fourth-order valence-electron chi connectivity index (χ4n) is 2.63. The number of nitrogens with one attached hydrogen (secondary N) is 2. The molecule has 108 valence electrons. The van der Waals surface area contributed by atoms with Crippen LogP contribution >= 0.6 is 0 Å². The molecule has 0 amide bonds. The van der Waals surface area contributed by atoms with Gasteiger partial charge in [-0.3, -0.25) is 0 Å². The smallest absolute Gasteiger partial charge is 0.144 e. The second kappa shape index (κ2) is 5.07. The summed E-state index contributed by atoms with van der Waals surface area (Å²) >= 11 is 0. The van der Waals surface area contributed by atoms with Crippen LogP contribution in [0, 0.1) is 0 Å². The van der Waals surface area contributed by atoms with Crippen molar-refractivity contribution in [2.75, 3.05) is 7.11 Å². The maximum atomic E-state index is 5.47. The maximum absolute atomic E-state index is 5.47. The topological polar surface area (TPSA) is 53.2 Å². The van der Waals surface area contributed by atoms with Crippen molar-refractivity contribution in [3.05, 3.63) is 70.6 Å². The molecule has 0 bridgehead atoms. The van der Waals surface area contributed by atoms with Gasteiger partial charge in [-0.05, 0) is 30.4 Å². The molecule has 0 fully saturated rings. The van der Waals surface area contributed by atoms with Gasteiger partial charge in [-0.2, -0.15) is 0 Å². The molecular weight excluding hydrogens is 274 g/mol. The third-order valence-corrected chi connectivity index (χ3v) is 3.70. The third kappa shape index (κ3) is 2.15. The van der Waals surface area contributed by atoms with Crippen LogP contribution in [0.3, 0.4) is 0 Å². The lowest BCUT2D eigenvalue weighted by molar-refractivity contribution is 0.414. The molecule has 3 aromatic rings. The Hall–Kier alpha value is -3.01. The van der Waals surface area contributed by atoms with Gasteiger partial charge in [-0.1, -0.05) is 18.2 Å². The molecule has 2 N–H and O–H groups in total. The summed E-state index contributed by atoms with van der Waals surface area (Å²) < 4.78 is 5.47. The molecule has 1 aromatic carbocycles. The van der Waals surface area contributed by atoms with E-state index in [1.54, 1.807) is 7.11 Å². The minimum atomic E-state index is 0.802. The van der Waals surface area contributed by atoms with E-state index in [0.29, 0.717) is 0 Å². The van der Waals surface area contributed by atoms with Gasteiger partial charge in [0.05, 0.1) is 35.2 Å². The van der Waals surface area contributed by atoms with E-state index in [1.165, 1.54) is 0 Å². The monoisotopic (exact) mass is 289 g/mol. The standard InChI is InChI=1S/C18H15N3O/c1-22-18-11-16(15-7-4-8-19-15)21-17(18)10-13-9-12-5-2-3-6-14(12)20-13/h2-11,19,21H,1H3/b13-10+. The number of methoxy groups -OCH3 is 1. The van der Waals surface area contributed by atoms with Gasteiger partial charge in [-0.25, -0.2) is 4.99 Å². The normalized spacial score (nSPS) is 14.5. The first-order valence-electron chi connectivity index (χ1n) is 7.11. The Morgan fingerprint density at radius 1 is 1.09 bits per heavy atom. The van der Waals surface area contributed by atoms with E-state index in [-0.39, 0.29) is 0 Å². The minimum Gasteiger partial charge on any atom is -0.494 e. The minimum absolute atomic E-state index is 0.802. The van der Waals surface area contributed by atoms with Crippen molar-refractivity contribution in [2.45, 2.75) is 0 Å². The maximum Gasteiger partial charge on any atom is 0.144 e. The van der Waals surface area contributed by atoms with Crippen molar-refractivity contribution in [2.24, 2.45) is 4.99 Å². The number of ether oxygens (including phenoxy) is 1. The summed E-state index contributed by atoms with van der Waals surface area (Å²) in [5.41, 5.74) is 3.84. The first-order valence-corrected chi connectivity index (χ1v) is 7.11. The first kappa shape index (κ1) is 12.7. The SMILES string of the molecule is COc1cc(-c2ccc[nH]2)[nH]c1/C=C1\C=c2ccccc2=N1. The summed E-state index contributed by atoms with van der Waals surface area (Å²) in [6.45, 7) is 0. The zero-order valence-electron chi connectivity index (χ0n) is 12.1. The summed E-state index contributed by atoms with van der Waals surface area (Å²) in [7, 11) is 1.67. The molecule has 4 rings (SSSR count). The number of para-hydroxylation sites is 1. The highest BCUT2D eigenvalue weighted by molar-refractivity contribution is 5.71. The predicted octanol–water partition coefficient (Wildman–Crippen LogP) is 2.47. The summed E-state index contributed by atoms with van der Waals surface area (Å²) in [5, 5.41) is 2.15. The van der Waals surface area contributed by atoms with Crippen molar-refractivity contribution < 1.29 is 4.74 Å². The predicted molar refractivity (Wildman–Crippen MR) is 86.8 cm³/mol. The number of aromatic nitrogens is 2. The Bertz CT molecular complexity index is 925. The molecule has 4 heteroatoms. The quantitative estimate of drug-likeness (QED) is 0.764. The lowest BCUT2D eigenvalue weighted by Crippen LogP contribution is -2.19. The number of hydrogen-bond acceptors (Lipinski definition) is 2. The van der Waals surface area contributed by atoms with Crippen LogP contribution in [-0.2, 0) is 0 Å². The Balaban J connectivity index is 1.78. The average Bonchev–Trinajstić information content (AvgIpc) is 3.26. The molecule has 0 spiro atoms. The molecule has 2 aromatic heterocycles. The van der Waals surface area contributed by atoms with Gasteiger partial charge >= 0.3 is 0 Å². The van der Waals surface area contributed by atoms with Crippen molar-refractivity contribution >= 4 is 12.2 Å². The van der Waals surface area contributed by atoms with Gasteiger partial charge < -0.3 is 14.7 Å². The van der Waals surface area contributed by atoms with Crippen LogP contribution in [0.5, 0.6) is 5.75 Å². The molecule has 0 saturated heterocycles. The number of H-pyrrole nitrogens is 2. The zero-order chi connectivity index (χ0) is 14.9. The van der Waals surface area contributed by atoms with E-state index in [4.69, 9.17) is 4.74 Å². The molecule has 0 aliphatic carbocycles. The number of aromatic amines is 2. The Morgan fingerprint density at radius 2 is 2.00 bits per heavy atom. The summed E-state index contributed by atoms with van der Waals surface area (Å²) in [4.78, 5) is 11.2. The van der Waals surface area contributed by atoms with E-state index in [2.05, 4.69) is 27.1 Å². The van der Waals surface area contributed by atoms with Crippen LogP contribution < -0.4 is 15.3 Å². The van der Waals surface area contributed by atoms with E-state index in [0.717, 1.165) is 39.1 Å². The van der Waals surface area contributed by atoms with E-state index >= 15 is 0 Å². The number of hydrogen-bond donors (Lipinski definition) is 2. The number of nitrogens with zero attached hydrogens (tertiary/aromatic N) is 1. The Labute approximate surface area is 127 Å². The van der Waals surface area contributed by atoms with Gasteiger partial charge in [0.1, 0.15) is 5.75 Å². The molecule has 4 nitrogen and oxygen atoms in total. The van der Waals surface area contributed by atoms with Crippen molar-refractivity contribution in [3.63, 3.8) is 0 Å². The molecule has 22 heavy (non-hydrogen) atoms. The van der Waals surface area contributed by atoms with Gasteiger partial charge in [-0.15, -0.1) is 0 Å². The third-order valence-electron chi connectivity index (χ3n) is 3.70. The highest BCUT2D eigenvalue weighted by atomic mass is 16.5.